The molecule has 27 heavy (non-hydrogen) atoms. The second kappa shape index (κ2) is 8.34. The van der Waals surface area contributed by atoms with Crippen LogP contribution in [0.15, 0.2) is 23.3 Å². The maximum atomic E-state index is 5.98. The van der Waals surface area contributed by atoms with Crippen LogP contribution in [0.25, 0.3) is 0 Å². The van der Waals surface area contributed by atoms with E-state index >= 15 is 0 Å². The molecule has 152 valence electrons. The third kappa shape index (κ3) is 3.65. The van der Waals surface area contributed by atoms with Crippen molar-refractivity contribution < 1.29 is 24.3 Å². The van der Waals surface area contributed by atoms with Gasteiger partial charge < -0.3 is 9.47 Å². The Morgan fingerprint density at radius 1 is 0.815 bits per heavy atom. The molecule has 2 heterocycles. The molecule has 0 aromatic carbocycles. The maximum Gasteiger partial charge on any atom is 0.127 e. The highest BCUT2D eigenvalue weighted by molar-refractivity contribution is 5.19. The molecule has 0 radical (unpaired) electrons. The Balaban J connectivity index is 1.43. The molecule has 4 aliphatic rings. The van der Waals surface area contributed by atoms with E-state index in [-0.39, 0.29) is 23.0 Å². The van der Waals surface area contributed by atoms with Crippen molar-refractivity contribution in [1.29, 1.82) is 0 Å². The van der Waals surface area contributed by atoms with Crippen molar-refractivity contribution in [2.24, 2.45) is 10.8 Å². The van der Waals surface area contributed by atoms with Gasteiger partial charge in [-0.15, -0.1) is 0 Å². The largest absolute Gasteiger partial charge is 0.380 e. The molecular weight excluding hydrogens is 344 g/mol. The van der Waals surface area contributed by atoms with Gasteiger partial charge in [0.15, 0.2) is 0 Å². The van der Waals surface area contributed by atoms with Gasteiger partial charge in [0.25, 0.3) is 0 Å². The highest BCUT2D eigenvalue weighted by atomic mass is 17.5. The second-order valence-corrected chi connectivity index (χ2v) is 8.78. The second-order valence-electron chi connectivity index (χ2n) is 8.78. The van der Waals surface area contributed by atoms with Gasteiger partial charge in [-0.05, 0) is 62.5 Å². The fraction of sp³-hybridized carbons (Fsp3) is 0.818. The Labute approximate surface area is 162 Å². The zero-order chi connectivity index (χ0) is 18.7. The molecule has 2 fully saturated rings. The topological polar surface area (TPSA) is 46.2 Å². The molecule has 4 rings (SSSR count). The van der Waals surface area contributed by atoms with Crippen molar-refractivity contribution in [3.8, 4) is 0 Å². The molecule has 5 heteroatoms. The molecule has 2 unspecified atom stereocenters. The molecule has 2 atom stereocenters. The van der Waals surface area contributed by atoms with Gasteiger partial charge in [-0.2, -0.15) is 9.78 Å². The molecule has 0 spiro atoms. The van der Waals surface area contributed by atoms with Crippen molar-refractivity contribution in [1.82, 2.24) is 0 Å². The first-order chi connectivity index (χ1) is 13.2. The molecule has 2 aliphatic carbocycles. The third-order valence-corrected chi connectivity index (χ3v) is 7.18. The summed E-state index contributed by atoms with van der Waals surface area (Å²) in [5.74, 6) is 0. The fourth-order valence-corrected chi connectivity index (χ4v) is 4.89. The quantitative estimate of drug-likeness (QED) is 0.314. The number of hydrogen-bond acceptors (Lipinski definition) is 5. The smallest absolute Gasteiger partial charge is 0.127 e. The molecular formula is C22H34O5. The number of rotatable bonds is 10. The van der Waals surface area contributed by atoms with E-state index in [9.17, 15) is 0 Å². The summed E-state index contributed by atoms with van der Waals surface area (Å²) < 4.78 is 11.1. The summed E-state index contributed by atoms with van der Waals surface area (Å²) in [4.78, 5) is 12.0. The lowest BCUT2D eigenvalue weighted by atomic mass is 9.74. The molecule has 2 saturated heterocycles. The summed E-state index contributed by atoms with van der Waals surface area (Å²) in [5, 5.41) is 5.56. The molecule has 0 amide bonds. The van der Waals surface area contributed by atoms with Gasteiger partial charge in [0.1, 0.15) is 12.2 Å². The third-order valence-electron chi connectivity index (χ3n) is 7.18. The van der Waals surface area contributed by atoms with Crippen LogP contribution in [0, 0.1) is 10.8 Å². The summed E-state index contributed by atoms with van der Waals surface area (Å²) in [6.45, 7) is 7.34. The van der Waals surface area contributed by atoms with Crippen LogP contribution in [0.2, 0.25) is 0 Å². The van der Waals surface area contributed by atoms with Crippen molar-refractivity contribution in [3.63, 3.8) is 0 Å². The van der Waals surface area contributed by atoms with Crippen LogP contribution in [0.3, 0.4) is 0 Å². The van der Waals surface area contributed by atoms with Crippen molar-refractivity contribution >= 4 is 0 Å². The van der Waals surface area contributed by atoms with Gasteiger partial charge in [-0.25, -0.2) is 0 Å². The van der Waals surface area contributed by atoms with Crippen LogP contribution >= 0.6 is 0 Å². The number of ether oxygens (including phenoxy) is 2. The van der Waals surface area contributed by atoms with Crippen molar-refractivity contribution in [2.75, 3.05) is 26.4 Å². The van der Waals surface area contributed by atoms with E-state index in [1.807, 2.05) is 0 Å². The minimum atomic E-state index is -0.0767. The SMILES string of the molecule is CCC1(C(OOOC(C2=CCCC2)C2(CC)COC2)C2=CCCC2)COC1. The van der Waals surface area contributed by atoms with E-state index in [1.54, 1.807) is 0 Å². The monoisotopic (exact) mass is 378 g/mol. The van der Waals surface area contributed by atoms with Gasteiger partial charge in [0, 0.05) is 0 Å². The lowest BCUT2D eigenvalue weighted by molar-refractivity contribution is -0.552. The van der Waals surface area contributed by atoms with E-state index in [2.05, 4.69) is 26.0 Å². The average Bonchev–Trinajstić information content (AvgIpc) is 3.31. The van der Waals surface area contributed by atoms with Gasteiger partial charge in [0.2, 0.25) is 0 Å². The zero-order valence-electron chi connectivity index (χ0n) is 16.8. The highest BCUT2D eigenvalue weighted by Gasteiger charge is 2.50. The number of hydrogen-bond donors (Lipinski definition) is 0. The summed E-state index contributed by atoms with van der Waals surface area (Å²) in [5.41, 5.74) is 2.73. The summed E-state index contributed by atoms with van der Waals surface area (Å²) >= 11 is 0. The van der Waals surface area contributed by atoms with Crippen LogP contribution < -0.4 is 0 Å². The molecule has 5 nitrogen and oxygen atoms in total. The van der Waals surface area contributed by atoms with E-state index in [1.165, 1.54) is 24.0 Å². The molecule has 0 bridgehead atoms. The van der Waals surface area contributed by atoms with Crippen LogP contribution in [-0.4, -0.2) is 38.6 Å². The Kier molecular flexibility index (Phi) is 6.05. The highest BCUT2D eigenvalue weighted by Crippen LogP contribution is 2.45. The summed E-state index contributed by atoms with van der Waals surface area (Å²) in [6.07, 6.45) is 13.3. The molecule has 0 N–H and O–H groups in total. The molecule has 2 aliphatic heterocycles. The normalized spacial score (nSPS) is 28.1. The zero-order valence-corrected chi connectivity index (χ0v) is 16.8. The van der Waals surface area contributed by atoms with Gasteiger partial charge in [-0.1, -0.05) is 31.0 Å². The van der Waals surface area contributed by atoms with Crippen LogP contribution in [0.5, 0.6) is 0 Å². The van der Waals surface area contributed by atoms with Gasteiger partial charge >= 0.3 is 0 Å². The first-order valence-electron chi connectivity index (χ1n) is 10.8. The van der Waals surface area contributed by atoms with Crippen molar-refractivity contribution in [2.45, 2.75) is 77.4 Å². The molecule has 0 aromatic rings. The number of allylic oxidation sites excluding steroid dienone is 2. The molecule has 0 saturated carbocycles. The van der Waals surface area contributed by atoms with Gasteiger partial charge in [0.05, 0.1) is 37.3 Å². The average molecular weight is 379 g/mol. The first kappa shape index (κ1) is 19.6. The van der Waals surface area contributed by atoms with E-state index in [0.29, 0.717) is 0 Å². The first-order valence-corrected chi connectivity index (χ1v) is 10.8. The minimum absolute atomic E-state index is 0.0175. The minimum Gasteiger partial charge on any atom is -0.380 e. The Morgan fingerprint density at radius 2 is 1.26 bits per heavy atom. The fourth-order valence-electron chi connectivity index (χ4n) is 4.89. The Morgan fingerprint density at radius 3 is 1.52 bits per heavy atom. The summed E-state index contributed by atoms with van der Waals surface area (Å²) in [6, 6.07) is 0. The lowest BCUT2D eigenvalue weighted by Gasteiger charge is -2.47. The molecule has 0 aromatic heterocycles. The standard InChI is InChI=1S/C22H34O5/c1-3-21(13-23-14-21)19(17-9-5-6-10-17)25-27-26-20(18-11-7-8-12-18)22(4-2)15-24-16-22/h9,11,19-20H,3-8,10,12-16H2,1-2H3. The Hall–Kier alpha value is -0.720. The predicted molar refractivity (Wildman–Crippen MR) is 102 cm³/mol. The van der Waals surface area contributed by atoms with E-state index in [0.717, 1.165) is 65.0 Å². The van der Waals surface area contributed by atoms with Gasteiger partial charge in [-0.3, -0.25) is 0 Å². The van der Waals surface area contributed by atoms with E-state index in [4.69, 9.17) is 24.3 Å². The van der Waals surface area contributed by atoms with Crippen LogP contribution in [0.4, 0.5) is 0 Å². The Bertz CT molecular complexity index is 512. The van der Waals surface area contributed by atoms with Crippen LogP contribution in [0.1, 0.15) is 65.2 Å². The van der Waals surface area contributed by atoms with Crippen molar-refractivity contribution in [3.05, 3.63) is 23.3 Å². The summed E-state index contributed by atoms with van der Waals surface area (Å²) in [7, 11) is 0. The predicted octanol–water partition coefficient (Wildman–Crippen LogP) is 4.68. The van der Waals surface area contributed by atoms with Crippen LogP contribution in [-0.2, 0) is 24.3 Å². The van der Waals surface area contributed by atoms with E-state index < -0.39 is 0 Å². The maximum absolute atomic E-state index is 5.98. The lowest BCUT2D eigenvalue weighted by Crippen LogP contribution is -2.54.